The lowest BCUT2D eigenvalue weighted by atomic mass is 10.0. The minimum atomic E-state index is -0.508. The predicted molar refractivity (Wildman–Crippen MR) is 151 cm³/mol. The van der Waals surface area contributed by atoms with Crippen LogP contribution in [0.5, 0.6) is 5.75 Å². The van der Waals surface area contributed by atoms with Crippen LogP contribution < -0.4 is 10.1 Å². The molecule has 0 saturated heterocycles. The van der Waals surface area contributed by atoms with Crippen molar-refractivity contribution in [1.82, 2.24) is 14.8 Å². The molecule has 2 aromatic carbocycles. The molecule has 1 unspecified atom stereocenters. The van der Waals surface area contributed by atoms with Gasteiger partial charge in [-0.15, -0.1) is 21.5 Å². The first kappa shape index (κ1) is 27.7. The fourth-order valence-electron chi connectivity index (χ4n) is 3.83. The highest BCUT2D eigenvalue weighted by molar-refractivity contribution is 7.99. The molecular weight excluding hydrogens is 544 g/mol. The van der Waals surface area contributed by atoms with Gasteiger partial charge >= 0.3 is 5.97 Å². The third-order valence-electron chi connectivity index (χ3n) is 5.67. The Balaban J connectivity index is 1.46. The molecule has 0 saturated carbocycles. The SMILES string of the molecule is CCn1c(SCC(=O)Nc2scc(-c3ccccc3)c2C(=O)OC)nnc1C(C)Oc1cc(C)ccc1Cl. The smallest absolute Gasteiger partial charge is 0.341 e. The average Bonchev–Trinajstić information content (AvgIpc) is 3.53. The lowest BCUT2D eigenvalue weighted by Crippen LogP contribution is -2.17. The van der Waals surface area contributed by atoms with E-state index in [9.17, 15) is 9.59 Å². The van der Waals surface area contributed by atoms with Gasteiger partial charge in [0.2, 0.25) is 5.91 Å². The molecule has 4 rings (SSSR count). The first-order chi connectivity index (χ1) is 18.3. The van der Waals surface area contributed by atoms with Gasteiger partial charge in [0.05, 0.1) is 17.9 Å². The quantitative estimate of drug-likeness (QED) is 0.168. The molecule has 0 fully saturated rings. The van der Waals surface area contributed by atoms with Gasteiger partial charge in [0.25, 0.3) is 0 Å². The maximum absolute atomic E-state index is 12.9. The van der Waals surface area contributed by atoms with Crippen LogP contribution in [0.4, 0.5) is 5.00 Å². The predicted octanol–water partition coefficient (Wildman–Crippen LogP) is 6.65. The Kier molecular flexibility index (Phi) is 9.09. The van der Waals surface area contributed by atoms with Gasteiger partial charge in [0.15, 0.2) is 17.1 Å². The summed E-state index contributed by atoms with van der Waals surface area (Å²) in [5.74, 6) is 0.504. The Labute approximate surface area is 234 Å². The second kappa shape index (κ2) is 12.5. The zero-order chi connectivity index (χ0) is 27.2. The highest BCUT2D eigenvalue weighted by Crippen LogP contribution is 2.36. The van der Waals surface area contributed by atoms with Gasteiger partial charge in [-0.25, -0.2) is 4.79 Å². The number of aryl methyl sites for hydroxylation is 1. The van der Waals surface area contributed by atoms with Crippen molar-refractivity contribution in [3.8, 4) is 16.9 Å². The van der Waals surface area contributed by atoms with Crippen molar-refractivity contribution in [3.05, 3.63) is 75.9 Å². The molecule has 38 heavy (non-hydrogen) atoms. The number of aromatic nitrogens is 3. The molecule has 0 bridgehead atoms. The van der Waals surface area contributed by atoms with Crippen LogP contribution in [0.2, 0.25) is 5.02 Å². The topological polar surface area (TPSA) is 95.3 Å². The second-order valence-corrected chi connectivity index (χ2v) is 10.6. The van der Waals surface area contributed by atoms with E-state index >= 15 is 0 Å². The van der Waals surface area contributed by atoms with E-state index in [1.807, 2.05) is 73.2 Å². The molecule has 4 aromatic rings. The number of esters is 1. The fourth-order valence-corrected chi connectivity index (χ4v) is 5.77. The zero-order valence-electron chi connectivity index (χ0n) is 21.4. The number of methoxy groups -OCH3 is 1. The number of benzene rings is 2. The number of hydrogen-bond donors (Lipinski definition) is 1. The first-order valence-corrected chi connectivity index (χ1v) is 14.1. The lowest BCUT2D eigenvalue weighted by molar-refractivity contribution is -0.113. The van der Waals surface area contributed by atoms with Gasteiger partial charge in [0.1, 0.15) is 16.3 Å². The van der Waals surface area contributed by atoms with Crippen molar-refractivity contribution < 1.29 is 19.1 Å². The zero-order valence-corrected chi connectivity index (χ0v) is 23.7. The first-order valence-electron chi connectivity index (χ1n) is 11.9. The Morgan fingerprint density at radius 2 is 1.95 bits per heavy atom. The number of amides is 1. The van der Waals surface area contributed by atoms with Gasteiger partial charge in [-0.1, -0.05) is 59.8 Å². The molecule has 11 heteroatoms. The summed E-state index contributed by atoms with van der Waals surface area (Å²) >= 11 is 8.83. The molecule has 1 N–H and O–H groups in total. The number of anilines is 1. The van der Waals surface area contributed by atoms with Crippen molar-refractivity contribution >= 4 is 51.6 Å². The molecule has 1 atom stereocenters. The molecular formula is C27H27ClN4O4S2. The largest absolute Gasteiger partial charge is 0.481 e. The monoisotopic (exact) mass is 570 g/mol. The van der Waals surface area contributed by atoms with Gasteiger partial charge in [-0.05, 0) is 44.0 Å². The molecule has 198 valence electrons. The number of nitrogens with zero attached hydrogens (tertiary/aromatic N) is 3. The minimum absolute atomic E-state index is 0.0796. The van der Waals surface area contributed by atoms with Gasteiger partial charge in [0, 0.05) is 17.5 Å². The lowest BCUT2D eigenvalue weighted by Gasteiger charge is -2.16. The van der Waals surface area contributed by atoms with Crippen LogP contribution in [0, 0.1) is 6.92 Å². The molecule has 0 aliphatic heterocycles. The number of carbonyl (C=O) groups is 2. The van der Waals surface area contributed by atoms with Gasteiger partial charge < -0.3 is 19.4 Å². The van der Waals surface area contributed by atoms with Crippen molar-refractivity contribution in [2.24, 2.45) is 0 Å². The molecule has 8 nitrogen and oxygen atoms in total. The summed E-state index contributed by atoms with van der Waals surface area (Å²) in [6.45, 7) is 6.42. The Morgan fingerprint density at radius 3 is 2.66 bits per heavy atom. The number of thioether (sulfide) groups is 1. The van der Waals surface area contributed by atoms with E-state index < -0.39 is 12.1 Å². The van der Waals surface area contributed by atoms with E-state index in [1.165, 1.54) is 30.2 Å². The van der Waals surface area contributed by atoms with E-state index in [0.29, 0.717) is 44.4 Å². The molecule has 0 spiro atoms. The second-order valence-electron chi connectivity index (χ2n) is 8.33. The Hall–Kier alpha value is -3.34. The summed E-state index contributed by atoms with van der Waals surface area (Å²) in [4.78, 5) is 25.4. The normalized spacial score (nSPS) is 11.7. The fraction of sp³-hybridized carbons (Fsp3) is 0.259. The number of nitrogens with one attached hydrogen (secondary N) is 1. The van der Waals surface area contributed by atoms with E-state index in [1.54, 1.807) is 6.07 Å². The van der Waals surface area contributed by atoms with Crippen molar-refractivity contribution in [1.29, 1.82) is 0 Å². The average molecular weight is 571 g/mol. The molecule has 1 amide bonds. The number of ether oxygens (including phenoxy) is 2. The third kappa shape index (κ3) is 6.20. The maximum atomic E-state index is 12.9. The number of thiophene rings is 1. The highest BCUT2D eigenvalue weighted by Gasteiger charge is 2.24. The van der Waals surface area contributed by atoms with Crippen LogP contribution >= 0.6 is 34.7 Å². The molecule has 2 heterocycles. The van der Waals surface area contributed by atoms with E-state index in [4.69, 9.17) is 21.1 Å². The van der Waals surface area contributed by atoms with E-state index in [0.717, 1.165) is 11.1 Å². The molecule has 2 aromatic heterocycles. The summed E-state index contributed by atoms with van der Waals surface area (Å²) in [5, 5.41) is 14.8. The highest BCUT2D eigenvalue weighted by atomic mass is 35.5. The number of carbonyl (C=O) groups excluding carboxylic acids is 2. The Morgan fingerprint density at radius 1 is 1.18 bits per heavy atom. The molecule has 0 aliphatic rings. The van der Waals surface area contributed by atoms with Crippen LogP contribution in [0.3, 0.4) is 0 Å². The van der Waals surface area contributed by atoms with Gasteiger partial charge in [-0.2, -0.15) is 0 Å². The standard InChI is InChI=1S/C27H27ClN4O4S2/c1-5-32-24(17(3)36-21-13-16(2)11-12-20(21)28)30-31-27(32)38-15-22(33)29-25-23(26(34)35-4)19(14-37-25)18-9-7-6-8-10-18/h6-14,17H,5,15H2,1-4H3,(H,29,33). The minimum Gasteiger partial charge on any atom is -0.481 e. The van der Waals surface area contributed by atoms with Crippen molar-refractivity contribution in [2.75, 3.05) is 18.2 Å². The summed E-state index contributed by atoms with van der Waals surface area (Å²) < 4.78 is 13.0. The van der Waals surface area contributed by atoms with Crippen LogP contribution in [-0.2, 0) is 16.1 Å². The van der Waals surface area contributed by atoms with Crippen molar-refractivity contribution in [2.45, 2.75) is 38.6 Å². The summed E-state index contributed by atoms with van der Waals surface area (Å²) in [6.07, 6.45) is -0.407. The van der Waals surface area contributed by atoms with E-state index in [2.05, 4.69) is 15.5 Å². The van der Waals surface area contributed by atoms with E-state index in [-0.39, 0.29) is 11.7 Å². The molecule has 0 aliphatic carbocycles. The number of rotatable bonds is 10. The molecule has 0 radical (unpaired) electrons. The van der Waals surface area contributed by atoms with Crippen LogP contribution in [-0.4, -0.2) is 39.5 Å². The number of halogens is 1. The summed E-state index contributed by atoms with van der Waals surface area (Å²) in [6, 6.07) is 15.1. The van der Waals surface area contributed by atoms with Crippen LogP contribution in [0.25, 0.3) is 11.1 Å². The summed E-state index contributed by atoms with van der Waals surface area (Å²) in [7, 11) is 1.32. The van der Waals surface area contributed by atoms with Gasteiger partial charge in [-0.3, -0.25) is 4.79 Å². The van der Waals surface area contributed by atoms with Crippen LogP contribution in [0.1, 0.15) is 41.7 Å². The van der Waals surface area contributed by atoms with Crippen molar-refractivity contribution in [3.63, 3.8) is 0 Å². The maximum Gasteiger partial charge on any atom is 0.341 e. The van der Waals surface area contributed by atoms with Crippen LogP contribution in [0.15, 0.2) is 59.1 Å². The Bertz CT molecular complexity index is 1440. The number of hydrogen-bond acceptors (Lipinski definition) is 8. The summed E-state index contributed by atoms with van der Waals surface area (Å²) in [5.41, 5.74) is 2.95. The third-order valence-corrected chi connectivity index (χ3v) is 7.84.